The van der Waals surface area contributed by atoms with Crippen LogP contribution in [-0.4, -0.2) is 9.19 Å². The summed E-state index contributed by atoms with van der Waals surface area (Å²) in [6.45, 7) is 0. The van der Waals surface area contributed by atoms with Crippen LogP contribution in [0.3, 0.4) is 0 Å². The van der Waals surface area contributed by atoms with E-state index in [0.717, 1.165) is 10.2 Å². The molecule has 0 bridgehead atoms. The Balaban J connectivity index is 1.97. The molecule has 0 aliphatic heterocycles. The number of benzene rings is 2. The van der Waals surface area contributed by atoms with Crippen molar-refractivity contribution >= 4 is 41.5 Å². The van der Waals surface area contributed by atoms with E-state index < -0.39 is 8.77 Å². The maximum Gasteiger partial charge on any atom is 0.290 e. The molecule has 0 saturated carbocycles. The van der Waals surface area contributed by atoms with E-state index in [4.69, 9.17) is 15.4 Å². The first kappa shape index (κ1) is 12.5. The molecule has 96 valence electrons. The van der Waals surface area contributed by atoms with Gasteiger partial charge in [-0.1, -0.05) is 41.7 Å². The Hall–Kier alpha value is -1.50. The quantitative estimate of drug-likeness (QED) is 0.743. The molecule has 3 rings (SSSR count). The van der Waals surface area contributed by atoms with E-state index in [9.17, 15) is 4.21 Å². The number of hydrogen-bond acceptors (Lipinski definition) is 5. The number of nitrogens with zero attached hydrogens (tertiary/aromatic N) is 1. The average molecular weight is 307 g/mol. The Labute approximate surface area is 119 Å². The smallest absolute Gasteiger partial charge is 0.290 e. The predicted molar refractivity (Wildman–Crippen MR) is 80.5 cm³/mol. The second-order valence-corrected chi connectivity index (χ2v) is 7.65. The SMILES string of the molecule is O=S(=S)(Oc1nc2ccccc2s1)c1ccccc1. The minimum atomic E-state index is -2.98. The van der Waals surface area contributed by atoms with E-state index >= 15 is 0 Å². The van der Waals surface area contributed by atoms with Gasteiger partial charge in [-0.3, -0.25) is 0 Å². The van der Waals surface area contributed by atoms with Crippen LogP contribution in [0.4, 0.5) is 0 Å². The fourth-order valence-electron chi connectivity index (χ4n) is 1.62. The van der Waals surface area contributed by atoms with E-state index in [1.54, 1.807) is 24.3 Å². The molecule has 0 N–H and O–H groups in total. The first-order valence-electron chi connectivity index (χ1n) is 5.50. The first-order chi connectivity index (χ1) is 9.15. The molecule has 19 heavy (non-hydrogen) atoms. The second-order valence-electron chi connectivity index (χ2n) is 3.80. The van der Waals surface area contributed by atoms with Crippen LogP contribution >= 0.6 is 11.3 Å². The van der Waals surface area contributed by atoms with Gasteiger partial charge in [0.1, 0.15) is 0 Å². The van der Waals surface area contributed by atoms with Crippen molar-refractivity contribution in [3.8, 4) is 5.19 Å². The van der Waals surface area contributed by atoms with Crippen molar-refractivity contribution in [3.63, 3.8) is 0 Å². The zero-order chi connectivity index (χ0) is 13.3. The third kappa shape index (κ3) is 2.60. The highest BCUT2D eigenvalue weighted by Gasteiger charge is 2.14. The summed E-state index contributed by atoms with van der Waals surface area (Å²) in [6, 6.07) is 16.4. The molecule has 0 aliphatic rings. The number of aromatic nitrogens is 1. The molecule has 0 aliphatic carbocycles. The van der Waals surface area contributed by atoms with Gasteiger partial charge in [0.2, 0.25) is 8.77 Å². The van der Waals surface area contributed by atoms with Gasteiger partial charge in [-0.2, -0.15) is 0 Å². The Kier molecular flexibility index (Phi) is 3.22. The van der Waals surface area contributed by atoms with Crippen LogP contribution in [0.5, 0.6) is 5.19 Å². The van der Waals surface area contributed by atoms with E-state index in [1.165, 1.54) is 11.3 Å². The number of para-hydroxylation sites is 1. The summed E-state index contributed by atoms with van der Waals surface area (Å²) in [4.78, 5) is 4.76. The van der Waals surface area contributed by atoms with Crippen molar-refractivity contribution in [2.75, 3.05) is 0 Å². The van der Waals surface area contributed by atoms with Crippen LogP contribution < -0.4 is 4.18 Å². The molecular formula is C13H9NO2S3. The average Bonchev–Trinajstić information content (AvgIpc) is 2.81. The number of fused-ring (bicyclic) bond motifs is 1. The third-order valence-corrected chi connectivity index (χ3v) is 5.52. The minimum Gasteiger partial charge on any atom is -0.366 e. The molecule has 1 heterocycles. The molecule has 3 nitrogen and oxygen atoms in total. The standard InChI is InChI=1S/C13H9NO2S3/c15-19(17,10-6-2-1-3-7-10)16-13-14-11-8-4-5-9-12(11)18-13/h1-9H. The molecule has 2 aromatic carbocycles. The molecule has 0 fully saturated rings. The highest BCUT2D eigenvalue weighted by atomic mass is 32.8. The van der Waals surface area contributed by atoms with Gasteiger partial charge in [0.25, 0.3) is 5.19 Å². The number of rotatable bonds is 3. The molecule has 0 amide bonds. The number of hydrogen-bond donors (Lipinski definition) is 0. The van der Waals surface area contributed by atoms with E-state index in [-0.39, 0.29) is 0 Å². The van der Waals surface area contributed by atoms with E-state index in [0.29, 0.717) is 10.1 Å². The van der Waals surface area contributed by atoms with Gasteiger partial charge in [-0.15, -0.1) is 0 Å². The molecule has 0 radical (unpaired) electrons. The molecular weight excluding hydrogens is 298 g/mol. The normalized spacial score (nSPS) is 14.1. The van der Waals surface area contributed by atoms with Gasteiger partial charge in [0.15, 0.2) is 0 Å². The molecule has 3 aromatic rings. The maximum atomic E-state index is 12.4. The zero-order valence-electron chi connectivity index (χ0n) is 9.68. The van der Waals surface area contributed by atoms with Gasteiger partial charge >= 0.3 is 0 Å². The van der Waals surface area contributed by atoms with Crippen molar-refractivity contribution in [1.82, 2.24) is 4.98 Å². The lowest BCUT2D eigenvalue weighted by atomic mass is 10.3. The van der Waals surface area contributed by atoms with Crippen molar-refractivity contribution < 1.29 is 8.39 Å². The van der Waals surface area contributed by atoms with Crippen molar-refractivity contribution in [2.45, 2.75) is 4.90 Å². The van der Waals surface area contributed by atoms with Gasteiger partial charge in [-0.05, 0) is 24.3 Å². The Morgan fingerprint density at radius 1 is 1.05 bits per heavy atom. The topological polar surface area (TPSA) is 39.2 Å². The van der Waals surface area contributed by atoms with E-state index in [1.807, 2.05) is 30.3 Å². The lowest BCUT2D eigenvalue weighted by Gasteiger charge is -2.05. The van der Waals surface area contributed by atoms with Gasteiger partial charge in [0.05, 0.1) is 15.1 Å². The molecule has 1 unspecified atom stereocenters. The maximum absolute atomic E-state index is 12.4. The Morgan fingerprint density at radius 3 is 2.47 bits per heavy atom. The molecule has 1 atom stereocenters. The summed E-state index contributed by atoms with van der Waals surface area (Å²) in [5.74, 6) is 0. The first-order valence-corrected chi connectivity index (χ1v) is 8.73. The van der Waals surface area contributed by atoms with Crippen molar-refractivity contribution in [3.05, 3.63) is 54.6 Å². The van der Waals surface area contributed by atoms with Crippen LogP contribution in [-0.2, 0) is 20.0 Å². The summed E-state index contributed by atoms with van der Waals surface area (Å²) < 4.78 is 18.8. The molecule has 1 aromatic heterocycles. The summed E-state index contributed by atoms with van der Waals surface area (Å²) in [6.07, 6.45) is 0. The zero-order valence-corrected chi connectivity index (χ0v) is 12.1. The largest absolute Gasteiger partial charge is 0.366 e. The summed E-state index contributed by atoms with van der Waals surface area (Å²) in [7, 11) is -2.98. The van der Waals surface area contributed by atoms with Crippen LogP contribution in [0.25, 0.3) is 10.2 Å². The monoisotopic (exact) mass is 307 g/mol. The molecule has 0 saturated heterocycles. The predicted octanol–water partition coefficient (Wildman–Crippen LogP) is 3.40. The number of thiazole rings is 1. The molecule has 6 heteroatoms. The molecule has 0 spiro atoms. The Morgan fingerprint density at radius 2 is 1.74 bits per heavy atom. The van der Waals surface area contributed by atoms with Gasteiger partial charge in [0, 0.05) is 11.2 Å². The highest BCUT2D eigenvalue weighted by molar-refractivity contribution is 8.30. The van der Waals surface area contributed by atoms with Gasteiger partial charge in [-0.25, -0.2) is 9.19 Å². The van der Waals surface area contributed by atoms with Crippen molar-refractivity contribution in [1.29, 1.82) is 0 Å². The van der Waals surface area contributed by atoms with Crippen LogP contribution in [0, 0.1) is 0 Å². The van der Waals surface area contributed by atoms with Crippen molar-refractivity contribution in [2.24, 2.45) is 0 Å². The van der Waals surface area contributed by atoms with Crippen LogP contribution in [0.2, 0.25) is 0 Å². The fourth-order valence-corrected chi connectivity index (χ4v) is 4.20. The second kappa shape index (κ2) is 4.88. The summed E-state index contributed by atoms with van der Waals surface area (Å²) in [5, 5.41) is 0.338. The van der Waals surface area contributed by atoms with E-state index in [2.05, 4.69) is 4.98 Å². The third-order valence-electron chi connectivity index (χ3n) is 2.49. The lowest BCUT2D eigenvalue weighted by Crippen LogP contribution is -2.07. The van der Waals surface area contributed by atoms with Crippen LogP contribution in [0.15, 0.2) is 59.5 Å². The summed E-state index contributed by atoms with van der Waals surface area (Å²) in [5.41, 5.74) is 0.820. The highest BCUT2D eigenvalue weighted by Crippen LogP contribution is 2.29. The fraction of sp³-hybridized carbons (Fsp3) is 0. The summed E-state index contributed by atoms with van der Waals surface area (Å²) >= 11 is 6.41. The van der Waals surface area contributed by atoms with Gasteiger partial charge < -0.3 is 4.18 Å². The minimum absolute atomic E-state index is 0.338. The lowest BCUT2D eigenvalue weighted by molar-refractivity contribution is 0.557. The Bertz CT molecular complexity index is 777. The van der Waals surface area contributed by atoms with Crippen LogP contribution in [0.1, 0.15) is 0 Å².